The Morgan fingerprint density at radius 2 is 1.90 bits per heavy atom. The van der Waals surface area contributed by atoms with E-state index in [1.807, 2.05) is 12.1 Å². The molecule has 1 fully saturated rings. The van der Waals surface area contributed by atoms with Gasteiger partial charge in [0.1, 0.15) is 11.5 Å². The summed E-state index contributed by atoms with van der Waals surface area (Å²) in [4.78, 5) is 0. The van der Waals surface area contributed by atoms with Gasteiger partial charge in [-0.25, -0.2) is 0 Å². The molecule has 21 heavy (non-hydrogen) atoms. The molecule has 2 aromatic carbocycles. The third-order valence-corrected chi connectivity index (χ3v) is 4.00. The Kier molecular flexibility index (Phi) is 4.26. The summed E-state index contributed by atoms with van der Waals surface area (Å²) >= 11 is 0. The molecular weight excluding hydrogens is 258 g/mol. The van der Waals surface area contributed by atoms with Crippen LogP contribution in [0.25, 0.3) is 0 Å². The van der Waals surface area contributed by atoms with E-state index in [0.29, 0.717) is 0 Å². The fourth-order valence-electron chi connectivity index (χ4n) is 2.43. The summed E-state index contributed by atoms with van der Waals surface area (Å²) in [5, 5.41) is 3.55. The molecule has 0 atom stereocenters. The Morgan fingerprint density at radius 3 is 2.67 bits per heavy atom. The van der Waals surface area contributed by atoms with Crippen molar-refractivity contribution in [2.45, 2.75) is 45.7 Å². The van der Waals surface area contributed by atoms with Crippen LogP contribution in [0.5, 0.6) is 11.5 Å². The number of nitrogens with one attached hydrogen (secondary N) is 1. The topological polar surface area (TPSA) is 21.3 Å². The van der Waals surface area contributed by atoms with Crippen molar-refractivity contribution in [3.63, 3.8) is 0 Å². The highest BCUT2D eigenvalue weighted by atomic mass is 16.5. The molecule has 3 rings (SSSR count). The number of rotatable bonds is 6. The van der Waals surface area contributed by atoms with Gasteiger partial charge in [0.25, 0.3) is 0 Å². The van der Waals surface area contributed by atoms with E-state index < -0.39 is 0 Å². The second-order valence-electron chi connectivity index (χ2n) is 5.82. The van der Waals surface area contributed by atoms with E-state index in [4.69, 9.17) is 4.74 Å². The van der Waals surface area contributed by atoms with E-state index in [0.717, 1.165) is 30.5 Å². The number of hydrogen-bond acceptors (Lipinski definition) is 2. The summed E-state index contributed by atoms with van der Waals surface area (Å²) in [6.45, 7) is 5.18. The highest BCUT2D eigenvalue weighted by molar-refractivity contribution is 5.42. The molecule has 2 nitrogen and oxygen atoms in total. The third kappa shape index (κ3) is 3.64. The van der Waals surface area contributed by atoms with E-state index in [1.165, 1.54) is 29.5 Å². The molecule has 1 saturated carbocycles. The number of ether oxygens (including phenoxy) is 1. The monoisotopic (exact) mass is 281 g/mol. The van der Waals surface area contributed by atoms with Crippen LogP contribution in [-0.4, -0.2) is 6.04 Å². The van der Waals surface area contributed by atoms with E-state index in [-0.39, 0.29) is 0 Å². The molecule has 0 spiro atoms. The number of hydrogen-bond donors (Lipinski definition) is 1. The first-order chi connectivity index (χ1) is 10.3. The fourth-order valence-corrected chi connectivity index (χ4v) is 2.43. The van der Waals surface area contributed by atoms with Gasteiger partial charge in [-0.05, 0) is 55.0 Å². The Balaban J connectivity index is 1.78. The molecule has 0 saturated heterocycles. The van der Waals surface area contributed by atoms with Crippen LogP contribution in [0.3, 0.4) is 0 Å². The van der Waals surface area contributed by atoms with Crippen LogP contribution in [0.15, 0.2) is 42.5 Å². The van der Waals surface area contributed by atoms with Gasteiger partial charge in [-0.15, -0.1) is 0 Å². The summed E-state index contributed by atoms with van der Waals surface area (Å²) in [7, 11) is 0. The van der Waals surface area contributed by atoms with Crippen molar-refractivity contribution in [2.24, 2.45) is 0 Å². The molecule has 0 amide bonds. The SMILES string of the molecule is CCc1ccccc1Oc1cc(CNC2CC2)ccc1C. The normalized spacial score (nSPS) is 14.2. The minimum absolute atomic E-state index is 0.733. The number of benzene rings is 2. The maximum Gasteiger partial charge on any atom is 0.130 e. The van der Waals surface area contributed by atoms with Gasteiger partial charge in [-0.3, -0.25) is 0 Å². The molecule has 1 aliphatic rings. The lowest BCUT2D eigenvalue weighted by Crippen LogP contribution is -2.15. The van der Waals surface area contributed by atoms with E-state index in [2.05, 4.69) is 49.5 Å². The maximum atomic E-state index is 6.17. The van der Waals surface area contributed by atoms with E-state index in [9.17, 15) is 0 Å². The quantitative estimate of drug-likeness (QED) is 0.835. The zero-order chi connectivity index (χ0) is 14.7. The molecule has 0 radical (unpaired) electrons. The van der Waals surface area contributed by atoms with Gasteiger partial charge in [-0.2, -0.15) is 0 Å². The van der Waals surface area contributed by atoms with Gasteiger partial charge >= 0.3 is 0 Å². The van der Waals surface area contributed by atoms with Crippen molar-refractivity contribution in [3.8, 4) is 11.5 Å². The second kappa shape index (κ2) is 6.31. The highest BCUT2D eigenvalue weighted by Crippen LogP contribution is 2.29. The van der Waals surface area contributed by atoms with Gasteiger partial charge in [-0.1, -0.05) is 37.3 Å². The molecule has 110 valence electrons. The lowest BCUT2D eigenvalue weighted by atomic mass is 10.1. The van der Waals surface area contributed by atoms with Crippen LogP contribution in [0.4, 0.5) is 0 Å². The summed E-state index contributed by atoms with van der Waals surface area (Å²) in [5.74, 6) is 1.93. The molecule has 1 N–H and O–H groups in total. The minimum atomic E-state index is 0.733. The average Bonchev–Trinajstić information content (AvgIpc) is 3.33. The molecule has 2 aromatic rings. The Bertz CT molecular complexity index is 617. The van der Waals surface area contributed by atoms with Crippen molar-refractivity contribution in [2.75, 3.05) is 0 Å². The third-order valence-electron chi connectivity index (χ3n) is 4.00. The van der Waals surface area contributed by atoms with Crippen LogP contribution in [-0.2, 0) is 13.0 Å². The van der Waals surface area contributed by atoms with Crippen LogP contribution in [0.2, 0.25) is 0 Å². The average molecular weight is 281 g/mol. The first-order valence-electron chi connectivity index (χ1n) is 7.85. The van der Waals surface area contributed by atoms with E-state index >= 15 is 0 Å². The molecule has 0 aliphatic heterocycles. The van der Waals surface area contributed by atoms with Gasteiger partial charge in [0.15, 0.2) is 0 Å². The molecule has 0 aromatic heterocycles. The number of para-hydroxylation sites is 1. The smallest absolute Gasteiger partial charge is 0.130 e. The maximum absolute atomic E-state index is 6.17. The Morgan fingerprint density at radius 1 is 1.10 bits per heavy atom. The lowest BCUT2D eigenvalue weighted by Gasteiger charge is -2.13. The largest absolute Gasteiger partial charge is 0.457 e. The molecule has 0 unspecified atom stereocenters. The zero-order valence-electron chi connectivity index (χ0n) is 12.9. The van der Waals surface area contributed by atoms with Crippen LogP contribution >= 0.6 is 0 Å². The second-order valence-corrected chi connectivity index (χ2v) is 5.82. The Labute approximate surface area is 127 Å². The van der Waals surface area contributed by atoms with Crippen LogP contribution < -0.4 is 10.1 Å². The summed E-state index contributed by atoms with van der Waals surface area (Å²) in [6.07, 6.45) is 3.62. The van der Waals surface area contributed by atoms with Gasteiger partial charge in [0.05, 0.1) is 0 Å². The molecule has 0 heterocycles. The van der Waals surface area contributed by atoms with Crippen LogP contribution in [0, 0.1) is 6.92 Å². The first kappa shape index (κ1) is 14.2. The highest BCUT2D eigenvalue weighted by Gasteiger charge is 2.20. The van der Waals surface area contributed by atoms with Crippen molar-refractivity contribution >= 4 is 0 Å². The minimum Gasteiger partial charge on any atom is -0.457 e. The lowest BCUT2D eigenvalue weighted by molar-refractivity contribution is 0.472. The summed E-state index contributed by atoms with van der Waals surface area (Å²) in [5.41, 5.74) is 3.71. The van der Waals surface area contributed by atoms with Crippen molar-refractivity contribution in [1.82, 2.24) is 5.32 Å². The Hall–Kier alpha value is -1.80. The zero-order valence-corrected chi connectivity index (χ0v) is 12.9. The van der Waals surface area contributed by atoms with Gasteiger partial charge in [0.2, 0.25) is 0 Å². The van der Waals surface area contributed by atoms with Gasteiger partial charge < -0.3 is 10.1 Å². The predicted molar refractivity (Wildman–Crippen MR) is 86.9 cm³/mol. The van der Waals surface area contributed by atoms with Crippen molar-refractivity contribution in [3.05, 3.63) is 59.2 Å². The van der Waals surface area contributed by atoms with Crippen LogP contribution in [0.1, 0.15) is 36.5 Å². The van der Waals surface area contributed by atoms with Gasteiger partial charge in [0, 0.05) is 12.6 Å². The predicted octanol–water partition coefficient (Wildman–Crippen LogP) is 4.60. The van der Waals surface area contributed by atoms with Crippen molar-refractivity contribution < 1.29 is 4.74 Å². The molecule has 2 heteroatoms. The van der Waals surface area contributed by atoms with Crippen molar-refractivity contribution in [1.29, 1.82) is 0 Å². The molecule has 0 bridgehead atoms. The number of aryl methyl sites for hydroxylation is 2. The molecule has 1 aliphatic carbocycles. The summed E-state index contributed by atoms with van der Waals surface area (Å²) in [6, 6.07) is 15.5. The fraction of sp³-hybridized carbons (Fsp3) is 0.368. The molecular formula is C19H23NO. The first-order valence-corrected chi connectivity index (χ1v) is 7.85. The van der Waals surface area contributed by atoms with E-state index in [1.54, 1.807) is 0 Å². The summed E-state index contributed by atoms with van der Waals surface area (Å²) < 4.78 is 6.17. The standard InChI is InChI=1S/C19H23NO/c1-3-16-6-4-5-7-18(16)21-19-12-15(9-8-14(19)2)13-20-17-10-11-17/h4-9,12,17,20H,3,10-11,13H2,1-2H3.